The fraction of sp³-hybridized carbons (Fsp3) is 0.500. The molecule has 23 heavy (non-hydrogen) atoms. The molecule has 1 aliphatic heterocycles. The van der Waals surface area contributed by atoms with Gasteiger partial charge < -0.3 is 4.90 Å². The molecule has 1 saturated heterocycles. The number of hydrogen-bond acceptors (Lipinski definition) is 3. The SMILES string of the molecule is CN(C)S(=O)(=O)N1CCCN(C(=O)c2cc(F)ccc2F)CC1. The monoisotopic (exact) mass is 347 g/mol. The van der Waals surface area contributed by atoms with Gasteiger partial charge in [0.05, 0.1) is 5.56 Å². The Bertz CT molecular complexity index is 695. The summed E-state index contributed by atoms with van der Waals surface area (Å²) in [5.74, 6) is -2.12. The highest BCUT2D eigenvalue weighted by atomic mass is 32.2. The highest BCUT2D eigenvalue weighted by Crippen LogP contribution is 2.16. The van der Waals surface area contributed by atoms with Crippen LogP contribution in [0.4, 0.5) is 8.78 Å². The standard InChI is InChI=1S/C14H19F2N3O3S/c1-17(2)23(21,22)19-7-3-6-18(8-9-19)14(20)12-10-11(15)4-5-13(12)16/h4-5,10H,3,6-9H2,1-2H3. The van der Waals surface area contributed by atoms with E-state index in [-0.39, 0.29) is 31.7 Å². The number of halogens is 2. The maximum atomic E-state index is 13.7. The zero-order chi connectivity index (χ0) is 17.2. The first-order valence-electron chi connectivity index (χ1n) is 7.15. The van der Waals surface area contributed by atoms with Gasteiger partial charge in [0.15, 0.2) is 0 Å². The molecule has 0 saturated carbocycles. The van der Waals surface area contributed by atoms with Gasteiger partial charge >= 0.3 is 0 Å². The molecule has 1 amide bonds. The van der Waals surface area contributed by atoms with E-state index < -0.39 is 27.8 Å². The summed E-state index contributed by atoms with van der Waals surface area (Å²) in [6.07, 6.45) is 0.426. The molecule has 0 aliphatic carbocycles. The van der Waals surface area contributed by atoms with Crippen molar-refractivity contribution in [3.63, 3.8) is 0 Å². The molecule has 1 fully saturated rings. The van der Waals surface area contributed by atoms with Crippen molar-refractivity contribution >= 4 is 16.1 Å². The predicted octanol–water partition coefficient (Wildman–Crippen LogP) is 0.919. The van der Waals surface area contributed by atoms with E-state index in [0.717, 1.165) is 22.5 Å². The fourth-order valence-corrected chi connectivity index (χ4v) is 3.52. The zero-order valence-electron chi connectivity index (χ0n) is 13.0. The van der Waals surface area contributed by atoms with Crippen molar-refractivity contribution in [2.75, 3.05) is 40.3 Å². The summed E-state index contributed by atoms with van der Waals surface area (Å²) in [6, 6.07) is 2.71. The first-order chi connectivity index (χ1) is 10.7. The Hall–Kier alpha value is -1.58. The lowest BCUT2D eigenvalue weighted by Gasteiger charge is -2.24. The third-order valence-electron chi connectivity index (χ3n) is 3.69. The van der Waals surface area contributed by atoms with Gasteiger partial charge in [0.2, 0.25) is 0 Å². The Balaban J connectivity index is 2.14. The molecule has 6 nitrogen and oxygen atoms in total. The summed E-state index contributed by atoms with van der Waals surface area (Å²) in [7, 11) is -0.686. The topological polar surface area (TPSA) is 60.9 Å². The van der Waals surface area contributed by atoms with Crippen LogP contribution in [0, 0.1) is 11.6 Å². The number of benzene rings is 1. The Morgan fingerprint density at radius 1 is 1.13 bits per heavy atom. The largest absolute Gasteiger partial charge is 0.337 e. The van der Waals surface area contributed by atoms with Crippen LogP contribution in [0.5, 0.6) is 0 Å². The van der Waals surface area contributed by atoms with Crippen LogP contribution in [0.1, 0.15) is 16.8 Å². The summed E-state index contributed by atoms with van der Waals surface area (Å²) < 4.78 is 53.6. The van der Waals surface area contributed by atoms with Gasteiger partial charge in [0, 0.05) is 40.3 Å². The summed E-state index contributed by atoms with van der Waals surface area (Å²) in [5.41, 5.74) is -0.339. The minimum atomic E-state index is -3.56. The van der Waals surface area contributed by atoms with E-state index in [1.165, 1.54) is 23.3 Å². The van der Waals surface area contributed by atoms with E-state index in [1.54, 1.807) is 0 Å². The second-order valence-corrected chi connectivity index (χ2v) is 7.60. The lowest BCUT2D eigenvalue weighted by molar-refractivity contribution is 0.0759. The number of hydrogen-bond donors (Lipinski definition) is 0. The maximum absolute atomic E-state index is 13.7. The van der Waals surface area contributed by atoms with E-state index in [4.69, 9.17) is 0 Å². The Labute approximate surface area is 134 Å². The number of carbonyl (C=O) groups excluding carboxylic acids is 1. The molecule has 0 N–H and O–H groups in total. The third kappa shape index (κ3) is 3.85. The minimum Gasteiger partial charge on any atom is -0.337 e. The number of carbonyl (C=O) groups is 1. The zero-order valence-corrected chi connectivity index (χ0v) is 13.8. The van der Waals surface area contributed by atoms with Gasteiger partial charge in [-0.3, -0.25) is 4.79 Å². The molecule has 1 heterocycles. The lowest BCUT2D eigenvalue weighted by Crippen LogP contribution is -2.42. The summed E-state index contributed by atoms with van der Waals surface area (Å²) in [5, 5.41) is 0. The van der Waals surface area contributed by atoms with Gasteiger partial charge in [-0.05, 0) is 24.6 Å². The van der Waals surface area contributed by atoms with Crippen LogP contribution in [0.25, 0.3) is 0 Å². The highest BCUT2D eigenvalue weighted by molar-refractivity contribution is 7.86. The van der Waals surface area contributed by atoms with Crippen LogP contribution < -0.4 is 0 Å². The van der Waals surface area contributed by atoms with Gasteiger partial charge in [-0.25, -0.2) is 8.78 Å². The molecule has 0 radical (unpaired) electrons. The van der Waals surface area contributed by atoms with Crippen LogP contribution in [0.15, 0.2) is 18.2 Å². The van der Waals surface area contributed by atoms with Gasteiger partial charge in [0.1, 0.15) is 11.6 Å². The van der Waals surface area contributed by atoms with Crippen molar-refractivity contribution in [2.24, 2.45) is 0 Å². The molecule has 128 valence electrons. The van der Waals surface area contributed by atoms with Crippen LogP contribution in [-0.4, -0.2) is 68.1 Å². The normalized spacial score (nSPS) is 17.3. The van der Waals surface area contributed by atoms with Crippen molar-refractivity contribution in [1.29, 1.82) is 0 Å². The molecule has 0 atom stereocenters. The molecule has 0 unspecified atom stereocenters. The molecular formula is C14H19F2N3O3S. The molecule has 1 aromatic carbocycles. The van der Waals surface area contributed by atoms with Crippen molar-refractivity contribution in [3.05, 3.63) is 35.4 Å². The molecule has 2 rings (SSSR count). The van der Waals surface area contributed by atoms with Crippen molar-refractivity contribution in [3.8, 4) is 0 Å². The predicted molar refractivity (Wildman–Crippen MR) is 81.1 cm³/mol. The molecule has 0 aromatic heterocycles. The number of rotatable bonds is 3. The quantitative estimate of drug-likeness (QED) is 0.817. The molecular weight excluding hydrogens is 328 g/mol. The van der Waals surface area contributed by atoms with E-state index in [2.05, 4.69) is 0 Å². The van der Waals surface area contributed by atoms with Crippen LogP contribution in [0.2, 0.25) is 0 Å². The molecule has 1 aromatic rings. The summed E-state index contributed by atoms with van der Waals surface area (Å²) in [6.45, 7) is 0.801. The number of amides is 1. The van der Waals surface area contributed by atoms with Crippen LogP contribution in [0.3, 0.4) is 0 Å². The third-order valence-corrected chi connectivity index (χ3v) is 5.63. The van der Waals surface area contributed by atoms with Gasteiger partial charge in [-0.1, -0.05) is 0 Å². The smallest absolute Gasteiger partial charge is 0.281 e. The fourth-order valence-electron chi connectivity index (χ4n) is 2.39. The minimum absolute atomic E-state index is 0.114. The summed E-state index contributed by atoms with van der Waals surface area (Å²) in [4.78, 5) is 13.7. The van der Waals surface area contributed by atoms with Crippen molar-refractivity contribution in [2.45, 2.75) is 6.42 Å². The summed E-state index contributed by atoms with van der Waals surface area (Å²) >= 11 is 0. The van der Waals surface area contributed by atoms with Crippen molar-refractivity contribution < 1.29 is 22.0 Å². The molecule has 0 bridgehead atoms. The second kappa shape index (κ2) is 6.90. The first-order valence-corrected chi connectivity index (χ1v) is 8.55. The van der Waals surface area contributed by atoms with Crippen molar-refractivity contribution in [1.82, 2.24) is 13.5 Å². The van der Waals surface area contributed by atoms with Gasteiger partial charge in [0.25, 0.3) is 16.1 Å². The first kappa shape index (κ1) is 17.8. The Morgan fingerprint density at radius 3 is 2.48 bits per heavy atom. The van der Waals surface area contributed by atoms with Crippen LogP contribution >= 0.6 is 0 Å². The molecule has 9 heteroatoms. The lowest BCUT2D eigenvalue weighted by atomic mass is 10.1. The Morgan fingerprint density at radius 2 is 1.83 bits per heavy atom. The maximum Gasteiger partial charge on any atom is 0.281 e. The number of nitrogens with zero attached hydrogens (tertiary/aromatic N) is 3. The van der Waals surface area contributed by atoms with E-state index >= 15 is 0 Å². The van der Waals surface area contributed by atoms with Gasteiger partial charge in [-0.15, -0.1) is 0 Å². The molecule has 0 spiro atoms. The average Bonchev–Trinajstić information content (AvgIpc) is 2.75. The average molecular weight is 347 g/mol. The van der Waals surface area contributed by atoms with E-state index in [0.29, 0.717) is 6.42 Å². The van der Waals surface area contributed by atoms with E-state index in [9.17, 15) is 22.0 Å². The van der Waals surface area contributed by atoms with E-state index in [1.807, 2.05) is 0 Å². The molecule has 1 aliphatic rings. The Kier molecular flexibility index (Phi) is 5.33. The highest BCUT2D eigenvalue weighted by Gasteiger charge is 2.29. The van der Waals surface area contributed by atoms with Crippen LogP contribution in [-0.2, 0) is 10.2 Å². The second-order valence-electron chi connectivity index (χ2n) is 5.46. The van der Waals surface area contributed by atoms with Gasteiger partial charge in [-0.2, -0.15) is 17.0 Å².